The Morgan fingerprint density at radius 3 is 2.50 bits per heavy atom. The van der Waals surface area contributed by atoms with E-state index in [1.54, 1.807) is 36.4 Å². The van der Waals surface area contributed by atoms with Gasteiger partial charge in [-0.15, -0.1) is 0 Å². The van der Waals surface area contributed by atoms with E-state index < -0.39 is 0 Å². The van der Waals surface area contributed by atoms with Crippen molar-refractivity contribution in [1.29, 1.82) is 0 Å². The lowest BCUT2D eigenvalue weighted by atomic mass is 10.3. The Labute approximate surface area is 125 Å². The van der Waals surface area contributed by atoms with E-state index in [0.29, 0.717) is 38.5 Å². The van der Waals surface area contributed by atoms with Crippen molar-refractivity contribution in [2.75, 3.05) is 5.73 Å². The van der Waals surface area contributed by atoms with Crippen LogP contribution in [0.4, 0.5) is 5.69 Å². The molecule has 0 spiro atoms. The highest BCUT2D eigenvalue weighted by atomic mass is 35.5. The van der Waals surface area contributed by atoms with Crippen LogP contribution in [0.5, 0.6) is 5.75 Å². The predicted molar refractivity (Wildman–Crippen MR) is 79.2 cm³/mol. The van der Waals surface area contributed by atoms with Gasteiger partial charge in [0, 0.05) is 0 Å². The molecule has 0 amide bonds. The number of nitrogens with two attached hydrogens (primary N) is 1. The highest BCUT2D eigenvalue weighted by molar-refractivity contribution is 6.37. The molecular weight excluding hydrogens is 299 g/mol. The molecule has 0 unspecified atom stereocenters. The number of oxazole rings is 1. The van der Waals surface area contributed by atoms with Crippen molar-refractivity contribution in [3.8, 4) is 5.75 Å². The van der Waals surface area contributed by atoms with Crippen molar-refractivity contribution >= 4 is 40.0 Å². The maximum absolute atomic E-state index is 6.02. The van der Waals surface area contributed by atoms with Gasteiger partial charge in [-0.3, -0.25) is 0 Å². The third-order valence-electron chi connectivity index (χ3n) is 2.75. The quantitative estimate of drug-likeness (QED) is 0.733. The normalized spacial score (nSPS) is 10.9. The first-order valence-corrected chi connectivity index (χ1v) is 6.61. The highest BCUT2D eigenvalue weighted by Crippen LogP contribution is 2.33. The minimum absolute atomic E-state index is 0.123. The number of benzene rings is 2. The van der Waals surface area contributed by atoms with Gasteiger partial charge in [-0.1, -0.05) is 35.3 Å². The van der Waals surface area contributed by atoms with Crippen LogP contribution in [0.3, 0.4) is 0 Å². The van der Waals surface area contributed by atoms with Crippen molar-refractivity contribution in [2.24, 2.45) is 0 Å². The molecule has 0 aliphatic carbocycles. The number of hydrogen-bond donors (Lipinski definition) is 1. The number of ether oxygens (including phenoxy) is 1. The number of nitrogens with zero attached hydrogens (tertiary/aromatic N) is 1. The van der Waals surface area contributed by atoms with Gasteiger partial charge in [-0.2, -0.15) is 0 Å². The van der Waals surface area contributed by atoms with E-state index in [1.807, 2.05) is 0 Å². The van der Waals surface area contributed by atoms with Gasteiger partial charge < -0.3 is 14.9 Å². The summed E-state index contributed by atoms with van der Waals surface area (Å²) in [5, 5.41) is 0.876. The zero-order valence-corrected chi connectivity index (χ0v) is 11.8. The second-order valence-electron chi connectivity index (χ2n) is 4.14. The molecule has 0 fully saturated rings. The fourth-order valence-corrected chi connectivity index (χ4v) is 2.34. The van der Waals surface area contributed by atoms with E-state index in [2.05, 4.69) is 4.98 Å². The first-order chi connectivity index (χ1) is 9.65. The van der Waals surface area contributed by atoms with Gasteiger partial charge in [-0.25, -0.2) is 4.98 Å². The summed E-state index contributed by atoms with van der Waals surface area (Å²) in [6.45, 7) is 0.123. The van der Waals surface area contributed by atoms with Crippen LogP contribution >= 0.6 is 23.2 Å². The summed E-state index contributed by atoms with van der Waals surface area (Å²) in [7, 11) is 0. The monoisotopic (exact) mass is 308 g/mol. The molecule has 0 aliphatic heterocycles. The van der Waals surface area contributed by atoms with Crippen LogP contribution < -0.4 is 10.5 Å². The van der Waals surface area contributed by atoms with Gasteiger partial charge in [0.25, 0.3) is 0 Å². The van der Waals surface area contributed by atoms with Crippen LogP contribution in [0.15, 0.2) is 40.8 Å². The van der Waals surface area contributed by atoms with Gasteiger partial charge in [0.1, 0.15) is 5.52 Å². The maximum Gasteiger partial charge on any atom is 0.233 e. The van der Waals surface area contributed by atoms with Gasteiger partial charge in [0.2, 0.25) is 5.89 Å². The number of nitrogen functional groups attached to an aromatic ring is 1. The van der Waals surface area contributed by atoms with Crippen molar-refractivity contribution in [1.82, 2.24) is 4.98 Å². The molecule has 3 aromatic rings. The van der Waals surface area contributed by atoms with Gasteiger partial charge in [0.15, 0.2) is 17.9 Å². The van der Waals surface area contributed by atoms with Crippen LogP contribution in [0.25, 0.3) is 11.1 Å². The molecule has 6 heteroatoms. The Kier molecular flexibility index (Phi) is 3.42. The van der Waals surface area contributed by atoms with E-state index in [9.17, 15) is 0 Å². The first kappa shape index (κ1) is 13.1. The van der Waals surface area contributed by atoms with Crippen LogP contribution in [0.1, 0.15) is 5.89 Å². The topological polar surface area (TPSA) is 61.3 Å². The third kappa shape index (κ3) is 2.40. The molecular formula is C14H10Cl2N2O2. The average Bonchev–Trinajstić information content (AvgIpc) is 2.83. The minimum Gasteiger partial charge on any atom is -0.481 e. The molecule has 0 radical (unpaired) electrons. The number of hydrogen-bond acceptors (Lipinski definition) is 4. The second kappa shape index (κ2) is 5.23. The Balaban J connectivity index is 1.85. The number of halogens is 2. The van der Waals surface area contributed by atoms with Crippen molar-refractivity contribution in [3.63, 3.8) is 0 Å². The van der Waals surface area contributed by atoms with Crippen LogP contribution in [-0.2, 0) is 6.61 Å². The summed E-state index contributed by atoms with van der Waals surface area (Å²) >= 11 is 12.0. The number of para-hydroxylation sites is 2. The summed E-state index contributed by atoms with van der Waals surface area (Å²) in [6, 6.07) is 10.5. The standard InChI is InChI=1S/C14H10Cl2N2O2/c15-8-3-1-4-9(16)14(8)19-7-12-18-13-10(17)5-2-6-11(13)20-12/h1-6H,7,17H2. The molecule has 102 valence electrons. The fraction of sp³-hybridized carbons (Fsp3) is 0.0714. The van der Waals surface area contributed by atoms with E-state index in [0.717, 1.165) is 0 Å². The summed E-state index contributed by atoms with van der Waals surface area (Å²) in [5.41, 5.74) is 7.62. The molecule has 0 aliphatic rings. The number of anilines is 1. The van der Waals surface area contributed by atoms with Crippen molar-refractivity contribution in [2.45, 2.75) is 6.61 Å². The summed E-state index contributed by atoms with van der Waals surface area (Å²) < 4.78 is 11.1. The molecule has 0 saturated heterocycles. The van der Waals surface area contributed by atoms with Crippen LogP contribution in [0, 0.1) is 0 Å². The zero-order valence-electron chi connectivity index (χ0n) is 10.3. The smallest absolute Gasteiger partial charge is 0.233 e. The van der Waals surface area contributed by atoms with E-state index in [-0.39, 0.29) is 6.61 Å². The summed E-state index contributed by atoms with van der Waals surface area (Å²) in [6.07, 6.45) is 0. The van der Waals surface area contributed by atoms with Crippen LogP contribution in [-0.4, -0.2) is 4.98 Å². The molecule has 2 N–H and O–H groups in total. The number of aromatic nitrogens is 1. The molecule has 1 heterocycles. The Morgan fingerprint density at radius 1 is 1.10 bits per heavy atom. The van der Waals surface area contributed by atoms with E-state index in [1.165, 1.54) is 0 Å². The van der Waals surface area contributed by atoms with Gasteiger partial charge >= 0.3 is 0 Å². The van der Waals surface area contributed by atoms with Crippen molar-refractivity contribution < 1.29 is 9.15 Å². The predicted octanol–water partition coefficient (Wildman–Crippen LogP) is 4.30. The SMILES string of the molecule is Nc1cccc2oc(COc3c(Cl)cccc3Cl)nc12. The Bertz CT molecular complexity index is 751. The lowest BCUT2D eigenvalue weighted by molar-refractivity contribution is 0.267. The number of rotatable bonds is 3. The third-order valence-corrected chi connectivity index (χ3v) is 3.35. The zero-order chi connectivity index (χ0) is 14.1. The molecule has 0 atom stereocenters. The minimum atomic E-state index is 0.123. The van der Waals surface area contributed by atoms with E-state index >= 15 is 0 Å². The Hall–Kier alpha value is -1.91. The largest absolute Gasteiger partial charge is 0.481 e. The Morgan fingerprint density at radius 2 is 1.80 bits per heavy atom. The lowest BCUT2D eigenvalue weighted by Crippen LogP contribution is -1.97. The van der Waals surface area contributed by atoms with Gasteiger partial charge in [0.05, 0.1) is 15.7 Å². The molecule has 4 nitrogen and oxygen atoms in total. The fourth-order valence-electron chi connectivity index (χ4n) is 1.83. The van der Waals surface area contributed by atoms with Crippen LogP contribution in [0.2, 0.25) is 10.0 Å². The molecule has 3 rings (SSSR count). The summed E-state index contributed by atoms with van der Waals surface area (Å²) in [5.74, 6) is 0.819. The lowest BCUT2D eigenvalue weighted by Gasteiger charge is -2.07. The first-order valence-electron chi connectivity index (χ1n) is 5.86. The van der Waals surface area contributed by atoms with Gasteiger partial charge in [-0.05, 0) is 24.3 Å². The summed E-state index contributed by atoms with van der Waals surface area (Å²) in [4.78, 5) is 4.28. The average molecular weight is 309 g/mol. The molecule has 2 aromatic carbocycles. The number of fused-ring (bicyclic) bond motifs is 1. The molecule has 0 saturated carbocycles. The van der Waals surface area contributed by atoms with E-state index in [4.69, 9.17) is 38.1 Å². The molecule has 20 heavy (non-hydrogen) atoms. The second-order valence-corrected chi connectivity index (χ2v) is 4.96. The molecule has 0 bridgehead atoms. The van der Waals surface area contributed by atoms with Crippen molar-refractivity contribution in [3.05, 3.63) is 52.3 Å². The highest BCUT2D eigenvalue weighted by Gasteiger charge is 2.11. The molecule has 1 aromatic heterocycles. The maximum atomic E-state index is 6.02.